The van der Waals surface area contributed by atoms with Gasteiger partial charge < -0.3 is 9.73 Å². The van der Waals surface area contributed by atoms with E-state index in [1.54, 1.807) is 30.5 Å². The van der Waals surface area contributed by atoms with Gasteiger partial charge in [-0.25, -0.2) is 0 Å². The Morgan fingerprint density at radius 3 is 2.44 bits per heavy atom. The average molecular weight is 397 g/mol. The number of nitrogens with one attached hydrogen (secondary N) is 1. The predicted octanol–water partition coefficient (Wildman–Crippen LogP) is 6.36. The molecule has 1 N–H and O–H groups in total. The summed E-state index contributed by atoms with van der Waals surface area (Å²) in [5.41, 5.74) is 3.06. The largest absolute Gasteiger partial charge is 0.458 e. The smallest absolute Gasteiger partial charge is 0.258 e. The van der Waals surface area contributed by atoms with Crippen LogP contribution in [0.4, 0.5) is 5.69 Å². The fourth-order valence-corrected chi connectivity index (χ4v) is 3.63. The van der Waals surface area contributed by atoms with Gasteiger partial charge in [0.25, 0.3) is 5.91 Å². The molecule has 4 rings (SSSR count). The highest BCUT2D eigenvalue weighted by Gasteiger charge is 2.19. The number of hydrogen-bond donors (Lipinski definition) is 1. The van der Waals surface area contributed by atoms with Gasteiger partial charge in [-0.05, 0) is 37.3 Å². The highest BCUT2D eigenvalue weighted by Crippen LogP contribution is 2.37. The van der Waals surface area contributed by atoms with Gasteiger partial charge >= 0.3 is 0 Å². The van der Waals surface area contributed by atoms with Crippen LogP contribution in [-0.2, 0) is 0 Å². The van der Waals surface area contributed by atoms with Crippen LogP contribution in [0, 0.1) is 6.92 Å². The van der Waals surface area contributed by atoms with E-state index in [1.165, 1.54) is 0 Å². The Morgan fingerprint density at radius 1 is 1.00 bits per heavy atom. The lowest BCUT2D eigenvalue weighted by atomic mass is 10.1. The maximum atomic E-state index is 12.7. The number of fused-ring (bicyclic) bond motifs is 1. The second kappa shape index (κ2) is 7.06. The molecule has 0 unspecified atom stereocenters. The van der Waals surface area contributed by atoms with Crippen molar-refractivity contribution < 1.29 is 9.21 Å². The number of pyridine rings is 1. The summed E-state index contributed by atoms with van der Waals surface area (Å²) in [7, 11) is 0. The Kier molecular flexibility index (Phi) is 4.60. The molecule has 4 nitrogen and oxygen atoms in total. The molecule has 0 saturated heterocycles. The molecule has 0 atom stereocenters. The van der Waals surface area contributed by atoms with Crippen molar-refractivity contribution >= 4 is 45.8 Å². The molecular weight excluding hydrogens is 383 g/mol. The summed E-state index contributed by atoms with van der Waals surface area (Å²) >= 11 is 12.3. The molecule has 0 bridgehead atoms. The number of halogens is 2. The zero-order valence-electron chi connectivity index (χ0n) is 14.3. The Labute approximate surface area is 165 Å². The van der Waals surface area contributed by atoms with Gasteiger partial charge in [0, 0.05) is 17.1 Å². The fourth-order valence-electron chi connectivity index (χ4n) is 3.06. The highest BCUT2D eigenvalue weighted by molar-refractivity contribution is 6.40. The van der Waals surface area contributed by atoms with Crippen LogP contribution < -0.4 is 5.32 Å². The van der Waals surface area contributed by atoms with E-state index in [-0.39, 0.29) is 15.6 Å². The number of anilines is 1. The highest BCUT2D eigenvalue weighted by atomic mass is 35.5. The third-order valence-corrected chi connectivity index (χ3v) is 4.88. The SMILES string of the molecule is Cc1oc2c(NC(=O)c3c(Cl)cccc3Cl)cccc2c1-c1ccccn1. The van der Waals surface area contributed by atoms with E-state index < -0.39 is 5.91 Å². The zero-order chi connectivity index (χ0) is 19.0. The Balaban J connectivity index is 1.79. The number of furan rings is 1. The van der Waals surface area contributed by atoms with Crippen molar-refractivity contribution in [2.75, 3.05) is 5.32 Å². The molecule has 0 spiro atoms. The molecule has 2 heterocycles. The van der Waals surface area contributed by atoms with Crippen LogP contribution in [0.2, 0.25) is 10.0 Å². The minimum Gasteiger partial charge on any atom is -0.458 e. The molecule has 6 heteroatoms. The molecular formula is C21H14Cl2N2O2. The quantitative estimate of drug-likeness (QED) is 0.438. The molecule has 0 radical (unpaired) electrons. The van der Waals surface area contributed by atoms with E-state index in [9.17, 15) is 4.79 Å². The second-order valence-corrected chi connectivity index (χ2v) is 6.80. The topological polar surface area (TPSA) is 55.1 Å². The monoisotopic (exact) mass is 396 g/mol. The van der Waals surface area contributed by atoms with Crippen LogP contribution in [0.1, 0.15) is 16.1 Å². The second-order valence-electron chi connectivity index (χ2n) is 5.98. The number of amides is 1. The normalized spacial score (nSPS) is 10.9. The maximum Gasteiger partial charge on any atom is 0.258 e. The van der Waals surface area contributed by atoms with Crippen LogP contribution in [0.15, 0.2) is 65.2 Å². The van der Waals surface area contributed by atoms with Gasteiger partial charge in [-0.15, -0.1) is 0 Å². The Morgan fingerprint density at radius 2 is 1.74 bits per heavy atom. The first-order valence-electron chi connectivity index (χ1n) is 8.25. The van der Waals surface area contributed by atoms with Crippen LogP contribution >= 0.6 is 23.2 Å². The van der Waals surface area contributed by atoms with Crippen LogP contribution in [0.25, 0.3) is 22.2 Å². The number of rotatable bonds is 3. The van der Waals surface area contributed by atoms with Crippen LogP contribution in [-0.4, -0.2) is 10.9 Å². The van der Waals surface area contributed by atoms with Crippen molar-refractivity contribution in [1.29, 1.82) is 0 Å². The lowest BCUT2D eigenvalue weighted by Crippen LogP contribution is -2.13. The number of carbonyl (C=O) groups is 1. The standard InChI is InChI=1S/C21H14Cl2N2O2/c1-12-18(16-9-2-3-11-24-16)13-6-4-10-17(20(13)27-12)25-21(26)19-14(22)7-5-8-15(19)23/h2-11H,1H3,(H,25,26). The van der Waals surface area contributed by atoms with Crippen molar-refractivity contribution in [1.82, 2.24) is 4.98 Å². The lowest BCUT2D eigenvalue weighted by molar-refractivity contribution is 0.102. The minimum atomic E-state index is -0.397. The Bertz CT molecular complexity index is 1130. The van der Waals surface area contributed by atoms with E-state index >= 15 is 0 Å². The zero-order valence-corrected chi connectivity index (χ0v) is 15.8. The molecule has 0 aliphatic heterocycles. The predicted molar refractivity (Wildman–Crippen MR) is 109 cm³/mol. The van der Waals surface area contributed by atoms with E-state index in [2.05, 4.69) is 10.3 Å². The van der Waals surface area contributed by atoms with Crippen LogP contribution in [0.5, 0.6) is 0 Å². The number of benzene rings is 2. The summed E-state index contributed by atoms with van der Waals surface area (Å²) in [5.74, 6) is 0.327. The first kappa shape index (κ1) is 17.6. The summed E-state index contributed by atoms with van der Waals surface area (Å²) in [5, 5.41) is 4.30. The van der Waals surface area contributed by atoms with Crippen LogP contribution in [0.3, 0.4) is 0 Å². The number of para-hydroxylation sites is 1. The number of nitrogens with zero attached hydrogens (tertiary/aromatic N) is 1. The summed E-state index contributed by atoms with van der Waals surface area (Å²) < 4.78 is 5.96. The molecule has 2 aromatic heterocycles. The van der Waals surface area contributed by atoms with Crippen molar-refractivity contribution in [3.63, 3.8) is 0 Å². The molecule has 0 aliphatic rings. The van der Waals surface area contributed by atoms with Gasteiger partial charge in [0.15, 0.2) is 5.58 Å². The van der Waals surface area contributed by atoms with Gasteiger partial charge in [-0.3, -0.25) is 9.78 Å². The first-order valence-corrected chi connectivity index (χ1v) is 9.00. The molecule has 0 aliphatic carbocycles. The van der Waals surface area contributed by atoms with Crippen molar-refractivity contribution in [2.45, 2.75) is 6.92 Å². The fraction of sp³-hybridized carbons (Fsp3) is 0.0476. The van der Waals surface area contributed by atoms with E-state index in [4.69, 9.17) is 27.6 Å². The van der Waals surface area contributed by atoms with Gasteiger partial charge in [-0.2, -0.15) is 0 Å². The molecule has 1 amide bonds. The first-order chi connectivity index (χ1) is 13.1. The molecule has 0 fully saturated rings. The summed E-state index contributed by atoms with van der Waals surface area (Å²) in [4.78, 5) is 17.1. The van der Waals surface area contributed by atoms with Crippen molar-refractivity contribution in [2.24, 2.45) is 0 Å². The third-order valence-electron chi connectivity index (χ3n) is 4.25. The average Bonchev–Trinajstić information content (AvgIpc) is 2.99. The van der Waals surface area contributed by atoms with Gasteiger partial charge in [0.2, 0.25) is 0 Å². The van der Waals surface area contributed by atoms with E-state index in [1.807, 2.05) is 37.3 Å². The number of hydrogen-bond acceptors (Lipinski definition) is 3. The molecule has 0 saturated carbocycles. The van der Waals surface area contributed by atoms with Crippen molar-refractivity contribution in [3.05, 3.63) is 82.2 Å². The third kappa shape index (κ3) is 3.18. The number of aryl methyl sites for hydroxylation is 1. The van der Waals surface area contributed by atoms with E-state index in [0.29, 0.717) is 11.3 Å². The molecule has 134 valence electrons. The Hall–Kier alpha value is -2.82. The number of carbonyl (C=O) groups excluding carboxylic acids is 1. The van der Waals surface area contributed by atoms with Gasteiger partial charge in [0.05, 0.1) is 27.0 Å². The van der Waals surface area contributed by atoms with E-state index in [0.717, 1.165) is 22.4 Å². The minimum absolute atomic E-state index is 0.228. The summed E-state index contributed by atoms with van der Waals surface area (Å²) in [6.07, 6.45) is 1.73. The lowest BCUT2D eigenvalue weighted by Gasteiger charge is -2.09. The van der Waals surface area contributed by atoms with Gasteiger partial charge in [-0.1, -0.05) is 47.5 Å². The summed E-state index contributed by atoms with van der Waals surface area (Å²) in [6, 6.07) is 16.2. The summed E-state index contributed by atoms with van der Waals surface area (Å²) in [6.45, 7) is 1.88. The maximum absolute atomic E-state index is 12.7. The molecule has 2 aromatic carbocycles. The van der Waals surface area contributed by atoms with Crippen molar-refractivity contribution in [3.8, 4) is 11.3 Å². The number of aromatic nitrogens is 1. The molecule has 4 aromatic rings. The van der Waals surface area contributed by atoms with Gasteiger partial charge in [0.1, 0.15) is 5.76 Å². The molecule has 27 heavy (non-hydrogen) atoms.